The van der Waals surface area contributed by atoms with Crippen molar-refractivity contribution in [3.8, 4) is 11.5 Å². The van der Waals surface area contributed by atoms with Crippen LogP contribution in [0, 0.1) is 5.82 Å². The molecule has 0 radical (unpaired) electrons. The molecule has 0 unspecified atom stereocenters. The normalized spacial score (nSPS) is 9.77. The third-order valence-electron chi connectivity index (χ3n) is 1.59. The van der Waals surface area contributed by atoms with E-state index in [1.165, 1.54) is 19.2 Å². The highest BCUT2D eigenvalue weighted by Crippen LogP contribution is 2.27. The summed E-state index contributed by atoms with van der Waals surface area (Å²) >= 11 is 0. The third kappa shape index (κ3) is 2.61. The lowest BCUT2D eigenvalue weighted by molar-refractivity contribution is 0.292. The Kier molecular flexibility index (Phi) is 3.55. The van der Waals surface area contributed by atoms with Gasteiger partial charge in [0, 0.05) is 6.07 Å². The molecule has 0 atom stereocenters. The molecule has 0 aliphatic carbocycles. The average Bonchev–Trinajstić information content (AvgIpc) is 2.15. The lowest BCUT2D eigenvalue weighted by Gasteiger charge is -2.09. The maximum atomic E-state index is 12.8. The number of halogens is 1. The van der Waals surface area contributed by atoms with Gasteiger partial charge < -0.3 is 9.47 Å². The Labute approximate surface area is 77.3 Å². The zero-order valence-electron chi connectivity index (χ0n) is 7.84. The molecule has 2 nitrogen and oxygen atoms in total. The highest BCUT2D eigenvalue weighted by atomic mass is 19.1. The van der Waals surface area contributed by atoms with Crippen molar-refractivity contribution in [2.75, 3.05) is 13.7 Å². The first-order chi connectivity index (χ1) is 6.27. The molecule has 72 valence electrons. The van der Waals surface area contributed by atoms with E-state index in [-0.39, 0.29) is 5.82 Å². The highest BCUT2D eigenvalue weighted by molar-refractivity contribution is 5.39. The predicted molar refractivity (Wildman–Crippen MR) is 48.7 cm³/mol. The second-order valence-electron chi connectivity index (χ2n) is 2.64. The lowest BCUT2D eigenvalue weighted by Crippen LogP contribution is -1.98. The van der Waals surface area contributed by atoms with E-state index in [4.69, 9.17) is 9.47 Å². The summed E-state index contributed by atoms with van der Waals surface area (Å²) in [5, 5.41) is 0. The van der Waals surface area contributed by atoms with Gasteiger partial charge in [0.25, 0.3) is 0 Å². The summed E-state index contributed by atoms with van der Waals surface area (Å²) in [6.45, 7) is 2.56. The molecule has 0 saturated carbocycles. The molecule has 0 bridgehead atoms. The van der Waals surface area contributed by atoms with Gasteiger partial charge >= 0.3 is 0 Å². The van der Waals surface area contributed by atoms with Gasteiger partial charge in [0.05, 0.1) is 13.7 Å². The molecule has 0 fully saturated rings. The fourth-order valence-corrected chi connectivity index (χ4v) is 0.975. The van der Waals surface area contributed by atoms with E-state index in [0.717, 1.165) is 6.42 Å². The molecule has 0 N–H and O–H groups in total. The fraction of sp³-hybridized carbons (Fsp3) is 0.400. The van der Waals surface area contributed by atoms with Crippen molar-refractivity contribution in [2.24, 2.45) is 0 Å². The van der Waals surface area contributed by atoms with Crippen LogP contribution >= 0.6 is 0 Å². The summed E-state index contributed by atoms with van der Waals surface area (Å²) in [6, 6.07) is 4.23. The second-order valence-corrected chi connectivity index (χ2v) is 2.64. The molecule has 0 heterocycles. The van der Waals surface area contributed by atoms with Crippen LogP contribution in [0.3, 0.4) is 0 Å². The minimum absolute atomic E-state index is 0.313. The Hall–Kier alpha value is -1.25. The molecule has 13 heavy (non-hydrogen) atoms. The number of hydrogen-bond acceptors (Lipinski definition) is 2. The van der Waals surface area contributed by atoms with Crippen LogP contribution in [0.1, 0.15) is 13.3 Å². The molecule has 0 aliphatic rings. The van der Waals surface area contributed by atoms with Gasteiger partial charge in [-0.1, -0.05) is 6.92 Å². The summed E-state index contributed by atoms with van der Waals surface area (Å²) in [7, 11) is 1.53. The van der Waals surface area contributed by atoms with Gasteiger partial charge in [-0.2, -0.15) is 0 Å². The topological polar surface area (TPSA) is 18.5 Å². The van der Waals surface area contributed by atoms with Gasteiger partial charge in [-0.25, -0.2) is 4.39 Å². The maximum absolute atomic E-state index is 12.8. The fourth-order valence-electron chi connectivity index (χ4n) is 0.975. The van der Waals surface area contributed by atoms with Crippen LogP contribution in [-0.4, -0.2) is 13.7 Å². The quantitative estimate of drug-likeness (QED) is 0.716. The van der Waals surface area contributed by atoms with Gasteiger partial charge in [0.15, 0.2) is 11.5 Å². The Bertz CT molecular complexity index is 274. The van der Waals surface area contributed by atoms with Crippen LogP contribution in [0.2, 0.25) is 0 Å². The Morgan fingerprint density at radius 2 is 2.08 bits per heavy atom. The van der Waals surface area contributed by atoms with E-state index in [0.29, 0.717) is 18.1 Å². The van der Waals surface area contributed by atoms with Gasteiger partial charge in [-0.15, -0.1) is 0 Å². The van der Waals surface area contributed by atoms with E-state index in [9.17, 15) is 4.39 Å². The van der Waals surface area contributed by atoms with Crippen LogP contribution in [-0.2, 0) is 0 Å². The summed E-state index contributed by atoms with van der Waals surface area (Å²) < 4.78 is 23.1. The number of methoxy groups -OCH3 is 1. The zero-order chi connectivity index (χ0) is 9.68. The predicted octanol–water partition coefficient (Wildman–Crippen LogP) is 2.62. The van der Waals surface area contributed by atoms with Crippen molar-refractivity contribution in [1.29, 1.82) is 0 Å². The van der Waals surface area contributed by atoms with Crippen molar-refractivity contribution in [3.63, 3.8) is 0 Å². The summed E-state index contributed by atoms with van der Waals surface area (Å²) in [5.74, 6) is 0.714. The molecule has 0 saturated heterocycles. The number of benzene rings is 1. The molecule has 0 aliphatic heterocycles. The number of rotatable bonds is 4. The van der Waals surface area contributed by atoms with Gasteiger partial charge in [0.1, 0.15) is 5.82 Å². The molecule has 0 amide bonds. The van der Waals surface area contributed by atoms with Crippen molar-refractivity contribution in [1.82, 2.24) is 0 Å². The molecule has 1 rings (SSSR count). The monoisotopic (exact) mass is 184 g/mol. The zero-order valence-corrected chi connectivity index (χ0v) is 7.84. The van der Waals surface area contributed by atoms with Crippen molar-refractivity contribution in [3.05, 3.63) is 24.0 Å². The first kappa shape index (κ1) is 9.84. The van der Waals surface area contributed by atoms with E-state index in [1.54, 1.807) is 6.07 Å². The minimum Gasteiger partial charge on any atom is -0.493 e. The van der Waals surface area contributed by atoms with E-state index >= 15 is 0 Å². The van der Waals surface area contributed by atoms with E-state index < -0.39 is 0 Å². The van der Waals surface area contributed by atoms with Crippen molar-refractivity contribution >= 4 is 0 Å². The van der Waals surface area contributed by atoms with Crippen LogP contribution in [0.15, 0.2) is 18.2 Å². The van der Waals surface area contributed by atoms with Crippen LogP contribution in [0.4, 0.5) is 4.39 Å². The maximum Gasteiger partial charge on any atom is 0.164 e. The first-order valence-corrected chi connectivity index (χ1v) is 4.24. The van der Waals surface area contributed by atoms with E-state index in [2.05, 4.69) is 0 Å². The Morgan fingerprint density at radius 3 is 2.69 bits per heavy atom. The summed E-state index contributed by atoms with van der Waals surface area (Å²) in [4.78, 5) is 0. The smallest absolute Gasteiger partial charge is 0.164 e. The van der Waals surface area contributed by atoms with Crippen LogP contribution in [0.5, 0.6) is 11.5 Å². The molecule has 0 spiro atoms. The Morgan fingerprint density at radius 1 is 1.31 bits per heavy atom. The molecule has 0 aromatic heterocycles. The third-order valence-corrected chi connectivity index (χ3v) is 1.59. The summed E-state index contributed by atoms with van der Waals surface area (Å²) in [5.41, 5.74) is 0. The average molecular weight is 184 g/mol. The van der Waals surface area contributed by atoms with E-state index in [1.807, 2.05) is 6.92 Å². The molecular formula is C10H13FO2. The van der Waals surface area contributed by atoms with Crippen LogP contribution in [0.25, 0.3) is 0 Å². The van der Waals surface area contributed by atoms with Crippen molar-refractivity contribution in [2.45, 2.75) is 13.3 Å². The number of hydrogen-bond donors (Lipinski definition) is 0. The second kappa shape index (κ2) is 4.70. The Balaban J connectivity index is 2.81. The van der Waals surface area contributed by atoms with Gasteiger partial charge in [0.2, 0.25) is 0 Å². The van der Waals surface area contributed by atoms with Crippen LogP contribution < -0.4 is 9.47 Å². The molecule has 1 aromatic carbocycles. The van der Waals surface area contributed by atoms with Gasteiger partial charge in [-0.05, 0) is 18.6 Å². The molecule has 3 heteroatoms. The van der Waals surface area contributed by atoms with Crippen molar-refractivity contribution < 1.29 is 13.9 Å². The minimum atomic E-state index is -0.313. The van der Waals surface area contributed by atoms with Gasteiger partial charge in [-0.3, -0.25) is 0 Å². The SMILES string of the molecule is CCCOc1cc(F)ccc1OC. The highest BCUT2D eigenvalue weighted by Gasteiger charge is 2.04. The standard InChI is InChI=1S/C10H13FO2/c1-3-6-13-10-7-8(11)4-5-9(10)12-2/h4-5,7H,3,6H2,1-2H3. The molecular weight excluding hydrogens is 171 g/mol. The largest absolute Gasteiger partial charge is 0.493 e. The lowest BCUT2D eigenvalue weighted by atomic mass is 10.3. The number of ether oxygens (including phenoxy) is 2. The summed E-state index contributed by atoms with van der Waals surface area (Å²) in [6.07, 6.45) is 0.889. The molecule has 1 aromatic rings. The first-order valence-electron chi connectivity index (χ1n) is 4.24.